The third kappa shape index (κ3) is 4.73. The molecule has 2 atom stereocenters. The minimum Gasteiger partial charge on any atom is -0.344 e. The van der Waals surface area contributed by atoms with Crippen LogP contribution in [0.3, 0.4) is 0 Å². The van der Waals surface area contributed by atoms with Crippen molar-refractivity contribution in [3.05, 3.63) is 119 Å². The number of para-hydroxylation sites is 1. The van der Waals surface area contributed by atoms with E-state index in [0.717, 1.165) is 44.7 Å². The summed E-state index contributed by atoms with van der Waals surface area (Å²) in [7, 11) is 4.35. The molecule has 1 fully saturated rings. The third-order valence-corrected chi connectivity index (χ3v) is 9.38. The molecule has 0 aliphatic carbocycles. The molecule has 0 radical (unpaired) electrons. The third-order valence-electron chi connectivity index (χ3n) is 9.38. The minimum absolute atomic E-state index is 0.0378. The van der Waals surface area contributed by atoms with Gasteiger partial charge in [-0.25, -0.2) is 0 Å². The van der Waals surface area contributed by atoms with Gasteiger partial charge in [0.2, 0.25) is 0 Å². The van der Waals surface area contributed by atoms with Gasteiger partial charge in [0.1, 0.15) is 0 Å². The first kappa shape index (κ1) is 26.0. The van der Waals surface area contributed by atoms with Crippen LogP contribution in [0.4, 0.5) is 0 Å². The van der Waals surface area contributed by atoms with E-state index in [4.69, 9.17) is 0 Å². The molecule has 1 aromatic heterocycles. The second kappa shape index (κ2) is 10.8. The lowest BCUT2D eigenvalue weighted by atomic mass is 9.79. The van der Waals surface area contributed by atoms with Gasteiger partial charge in [-0.05, 0) is 54.4 Å². The lowest BCUT2D eigenvalue weighted by Crippen LogP contribution is -2.50. The van der Waals surface area contributed by atoms with E-state index in [9.17, 15) is 4.79 Å². The molecule has 0 unspecified atom stereocenters. The Morgan fingerprint density at radius 2 is 1.44 bits per heavy atom. The van der Waals surface area contributed by atoms with Crippen molar-refractivity contribution in [3.63, 3.8) is 0 Å². The van der Waals surface area contributed by atoms with Crippen LogP contribution in [0.25, 0.3) is 21.8 Å². The zero-order chi connectivity index (χ0) is 27.9. The van der Waals surface area contributed by atoms with Gasteiger partial charge in [0.05, 0.1) is 6.04 Å². The Hall–Kier alpha value is -3.93. The summed E-state index contributed by atoms with van der Waals surface area (Å²) < 4.78 is 2.28. The van der Waals surface area contributed by atoms with Gasteiger partial charge < -0.3 is 19.3 Å². The van der Waals surface area contributed by atoms with E-state index in [0.29, 0.717) is 6.54 Å². The largest absolute Gasteiger partial charge is 0.344 e. The number of hydrogen-bond donors (Lipinski definition) is 0. The SMILES string of the molecule is CN1CCN(C[C@H]2c3ccccc3C(=O)N(CCc3ccccc3)[C@@H]2c2ccc3c(c2)c2ccccc2n3C)CC1. The molecular formula is C36H38N4O. The van der Waals surface area contributed by atoms with Crippen molar-refractivity contribution >= 4 is 27.7 Å². The van der Waals surface area contributed by atoms with E-state index in [1.807, 2.05) is 12.1 Å². The summed E-state index contributed by atoms with van der Waals surface area (Å²) in [6.45, 7) is 5.91. The van der Waals surface area contributed by atoms with Gasteiger partial charge in [-0.1, -0.05) is 72.8 Å². The zero-order valence-electron chi connectivity index (χ0n) is 24.0. The van der Waals surface area contributed by atoms with Crippen molar-refractivity contribution in [2.24, 2.45) is 7.05 Å². The van der Waals surface area contributed by atoms with Crippen molar-refractivity contribution < 1.29 is 4.79 Å². The Morgan fingerprint density at radius 1 is 0.732 bits per heavy atom. The van der Waals surface area contributed by atoms with Gasteiger partial charge in [-0.2, -0.15) is 0 Å². The molecule has 3 heterocycles. The molecule has 4 aromatic carbocycles. The molecule has 5 nitrogen and oxygen atoms in total. The summed E-state index contributed by atoms with van der Waals surface area (Å²) in [5.74, 6) is 0.338. The Morgan fingerprint density at radius 3 is 2.27 bits per heavy atom. The summed E-state index contributed by atoms with van der Waals surface area (Å²) in [5.41, 5.74) is 7.00. The van der Waals surface area contributed by atoms with E-state index in [-0.39, 0.29) is 17.9 Å². The van der Waals surface area contributed by atoms with Crippen LogP contribution in [0.5, 0.6) is 0 Å². The Kier molecular flexibility index (Phi) is 6.85. The fraction of sp³-hybridized carbons (Fsp3) is 0.306. The molecule has 1 saturated heterocycles. The van der Waals surface area contributed by atoms with Gasteiger partial charge in [0.25, 0.3) is 5.91 Å². The van der Waals surface area contributed by atoms with Crippen LogP contribution in [-0.2, 0) is 13.5 Å². The molecule has 41 heavy (non-hydrogen) atoms. The maximum atomic E-state index is 14.3. The van der Waals surface area contributed by atoms with Crippen LogP contribution >= 0.6 is 0 Å². The molecule has 5 aromatic rings. The highest BCUT2D eigenvalue weighted by Crippen LogP contribution is 2.44. The number of aryl methyl sites for hydroxylation is 1. The summed E-state index contributed by atoms with van der Waals surface area (Å²) >= 11 is 0. The van der Waals surface area contributed by atoms with Crippen molar-refractivity contribution in [3.8, 4) is 0 Å². The van der Waals surface area contributed by atoms with E-state index >= 15 is 0 Å². The van der Waals surface area contributed by atoms with E-state index < -0.39 is 0 Å². The first-order valence-corrected chi connectivity index (χ1v) is 14.9. The fourth-order valence-corrected chi connectivity index (χ4v) is 7.11. The summed E-state index contributed by atoms with van der Waals surface area (Å²) in [4.78, 5) is 21.5. The molecule has 0 spiro atoms. The predicted octanol–water partition coefficient (Wildman–Crippen LogP) is 6.10. The highest BCUT2D eigenvalue weighted by atomic mass is 16.2. The molecule has 2 aliphatic heterocycles. The van der Waals surface area contributed by atoms with E-state index in [1.165, 1.54) is 38.5 Å². The first-order chi connectivity index (χ1) is 20.1. The standard InChI is InChI=1S/C36H38N4O/c1-37-20-22-39(23-21-37)25-32-28-12-6-7-14-30(28)36(41)40(19-18-26-10-4-3-5-11-26)35(32)27-16-17-34-31(24-27)29-13-8-9-15-33(29)38(34)2/h3-17,24,32,35H,18-23,25H2,1-2H3/t32-,35+/m0/s1. The highest BCUT2D eigenvalue weighted by molar-refractivity contribution is 6.08. The fourth-order valence-electron chi connectivity index (χ4n) is 7.11. The highest BCUT2D eigenvalue weighted by Gasteiger charge is 2.41. The van der Waals surface area contributed by atoms with Gasteiger partial charge in [-0.15, -0.1) is 0 Å². The van der Waals surface area contributed by atoms with Gasteiger partial charge in [0.15, 0.2) is 0 Å². The number of nitrogens with zero attached hydrogens (tertiary/aromatic N) is 4. The Bertz CT molecular complexity index is 1700. The van der Waals surface area contributed by atoms with E-state index in [1.54, 1.807) is 0 Å². The predicted molar refractivity (Wildman–Crippen MR) is 167 cm³/mol. The number of aromatic nitrogens is 1. The number of carbonyl (C=O) groups excluding carboxylic acids is 1. The summed E-state index contributed by atoms with van der Waals surface area (Å²) in [6.07, 6.45) is 0.836. The van der Waals surface area contributed by atoms with Crippen LogP contribution in [0.15, 0.2) is 97.1 Å². The summed E-state index contributed by atoms with van der Waals surface area (Å²) in [5, 5.41) is 2.52. The first-order valence-electron chi connectivity index (χ1n) is 14.9. The lowest BCUT2D eigenvalue weighted by Gasteiger charge is -2.45. The van der Waals surface area contributed by atoms with Gasteiger partial charge in [0, 0.05) is 79.6 Å². The van der Waals surface area contributed by atoms with Gasteiger partial charge >= 0.3 is 0 Å². The number of benzene rings is 4. The molecule has 0 saturated carbocycles. The zero-order valence-corrected chi connectivity index (χ0v) is 24.0. The van der Waals surface area contributed by atoms with Gasteiger partial charge in [-0.3, -0.25) is 4.79 Å². The maximum absolute atomic E-state index is 14.3. The lowest BCUT2D eigenvalue weighted by molar-refractivity contribution is 0.0559. The normalized spacial score (nSPS) is 20.1. The molecule has 1 amide bonds. The van der Waals surface area contributed by atoms with E-state index in [2.05, 4.69) is 118 Å². The molecule has 5 heteroatoms. The molecule has 7 rings (SSSR count). The number of fused-ring (bicyclic) bond motifs is 4. The summed E-state index contributed by atoms with van der Waals surface area (Å²) in [6, 6.07) is 34.4. The number of hydrogen-bond acceptors (Lipinski definition) is 3. The van der Waals surface area contributed by atoms with Crippen molar-refractivity contribution in [2.75, 3.05) is 46.3 Å². The van der Waals surface area contributed by atoms with Crippen LogP contribution in [0.1, 0.15) is 39.0 Å². The topological polar surface area (TPSA) is 31.7 Å². The second-order valence-electron chi connectivity index (χ2n) is 11.8. The Balaban J connectivity index is 1.36. The van der Waals surface area contributed by atoms with Crippen LogP contribution in [0.2, 0.25) is 0 Å². The minimum atomic E-state index is -0.0378. The molecule has 208 valence electrons. The second-order valence-corrected chi connectivity index (χ2v) is 11.8. The van der Waals surface area contributed by atoms with Crippen molar-refractivity contribution in [2.45, 2.75) is 18.4 Å². The average molecular weight is 543 g/mol. The van der Waals surface area contributed by atoms with Crippen LogP contribution in [-0.4, -0.2) is 71.5 Å². The quantitative estimate of drug-likeness (QED) is 0.260. The van der Waals surface area contributed by atoms with Crippen LogP contribution in [0, 0.1) is 0 Å². The smallest absolute Gasteiger partial charge is 0.254 e. The maximum Gasteiger partial charge on any atom is 0.254 e. The average Bonchev–Trinajstić information content (AvgIpc) is 3.30. The molecular weight excluding hydrogens is 504 g/mol. The molecule has 0 bridgehead atoms. The van der Waals surface area contributed by atoms with Crippen molar-refractivity contribution in [1.29, 1.82) is 0 Å². The van der Waals surface area contributed by atoms with Crippen LogP contribution < -0.4 is 0 Å². The molecule has 2 aliphatic rings. The van der Waals surface area contributed by atoms with Crippen molar-refractivity contribution in [1.82, 2.24) is 19.3 Å². The monoisotopic (exact) mass is 542 g/mol. The number of piperazine rings is 1. The number of carbonyl (C=O) groups is 1. The number of rotatable bonds is 6. The molecule has 0 N–H and O–H groups in total. The Labute approximate surface area is 242 Å². The number of amides is 1. The number of likely N-dealkylation sites (N-methyl/N-ethyl adjacent to an activating group) is 1.